The average Bonchev–Trinajstić information content (AvgIpc) is 2.46. The lowest BCUT2D eigenvalue weighted by Crippen LogP contribution is -2.43. The van der Waals surface area contributed by atoms with Gasteiger partial charge in [0, 0.05) is 24.9 Å². The topological polar surface area (TPSA) is 89.4 Å². The number of carbonyl (C=O) groups is 2. The minimum Gasteiger partial charge on any atom is -0.399 e. The molecule has 0 aliphatic carbocycles. The molecule has 106 valence electrons. The lowest BCUT2D eigenvalue weighted by molar-refractivity contribution is -0.130. The summed E-state index contributed by atoms with van der Waals surface area (Å²) < 4.78 is 0. The number of hydrogen-bond donors (Lipinski definition) is 2. The Kier molecular flexibility index (Phi) is 4.40. The summed E-state index contributed by atoms with van der Waals surface area (Å²) in [6.45, 7) is 1.09. The number of anilines is 1. The SMILES string of the molecule is NC(=O)C1CCCN(C(=O)/C=C/c2ccc(N)cc2)C1. The van der Waals surface area contributed by atoms with Crippen LogP contribution in [0.5, 0.6) is 0 Å². The summed E-state index contributed by atoms with van der Waals surface area (Å²) >= 11 is 0. The van der Waals surface area contributed by atoms with Gasteiger partial charge in [-0.3, -0.25) is 9.59 Å². The van der Waals surface area contributed by atoms with E-state index in [0.717, 1.165) is 18.4 Å². The third-order valence-electron chi connectivity index (χ3n) is 3.49. The molecule has 0 radical (unpaired) electrons. The smallest absolute Gasteiger partial charge is 0.246 e. The molecule has 1 saturated heterocycles. The van der Waals surface area contributed by atoms with Gasteiger partial charge in [0.05, 0.1) is 5.92 Å². The maximum atomic E-state index is 12.1. The number of likely N-dealkylation sites (tertiary alicyclic amines) is 1. The molecule has 0 bridgehead atoms. The van der Waals surface area contributed by atoms with E-state index in [1.165, 1.54) is 6.08 Å². The van der Waals surface area contributed by atoms with Crippen molar-refractivity contribution in [1.29, 1.82) is 0 Å². The summed E-state index contributed by atoms with van der Waals surface area (Å²) in [6, 6.07) is 7.27. The molecule has 5 nitrogen and oxygen atoms in total. The molecule has 2 rings (SSSR count). The van der Waals surface area contributed by atoms with E-state index in [9.17, 15) is 9.59 Å². The number of nitrogens with two attached hydrogens (primary N) is 2. The highest BCUT2D eigenvalue weighted by atomic mass is 16.2. The van der Waals surface area contributed by atoms with Gasteiger partial charge in [-0.05, 0) is 36.6 Å². The first kappa shape index (κ1) is 14.1. The summed E-state index contributed by atoms with van der Waals surface area (Å²) in [4.78, 5) is 24.9. The summed E-state index contributed by atoms with van der Waals surface area (Å²) in [6.07, 6.45) is 4.85. The van der Waals surface area contributed by atoms with Gasteiger partial charge in [-0.25, -0.2) is 0 Å². The van der Waals surface area contributed by atoms with Gasteiger partial charge < -0.3 is 16.4 Å². The number of amides is 2. The Morgan fingerprint density at radius 2 is 1.95 bits per heavy atom. The highest BCUT2D eigenvalue weighted by Gasteiger charge is 2.25. The standard InChI is InChI=1S/C15H19N3O2/c16-13-6-3-11(4-7-13)5-8-14(19)18-9-1-2-12(10-18)15(17)20/h3-8,12H,1-2,9-10,16H2,(H2,17,20)/b8-5+. The number of rotatable bonds is 3. The molecule has 1 aliphatic heterocycles. The van der Waals surface area contributed by atoms with E-state index in [1.807, 2.05) is 12.1 Å². The zero-order valence-corrected chi connectivity index (χ0v) is 11.3. The molecular formula is C15H19N3O2. The van der Waals surface area contributed by atoms with Crippen LogP contribution in [0.15, 0.2) is 30.3 Å². The first-order valence-corrected chi connectivity index (χ1v) is 6.68. The molecule has 0 spiro atoms. The van der Waals surface area contributed by atoms with E-state index in [4.69, 9.17) is 11.5 Å². The van der Waals surface area contributed by atoms with Gasteiger partial charge in [0.2, 0.25) is 11.8 Å². The largest absolute Gasteiger partial charge is 0.399 e. The van der Waals surface area contributed by atoms with Crippen LogP contribution in [0.4, 0.5) is 5.69 Å². The quantitative estimate of drug-likeness (QED) is 0.636. The average molecular weight is 273 g/mol. The van der Waals surface area contributed by atoms with Gasteiger partial charge in [0.15, 0.2) is 0 Å². The molecule has 1 aliphatic rings. The Morgan fingerprint density at radius 1 is 1.25 bits per heavy atom. The van der Waals surface area contributed by atoms with Crippen LogP contribution in [-0.4, -0.2) is 29.8 Å². The Bertz CT molecular complexity index is 522. The molecule has 1 fully saturated rings. The second kappa shape index (κ2) is 6.23. The molecule has 0 saturated carbocycles. The number of nitrogens with zero attached hydrogens (tertiary/aromatic N) is 1. The van der Waals surface area contributed by atoms with Gasteiger partial charge >= 0.3 is 0 Å². The van der Waals surface area contributed by atoms with Crippen molar-refractivity contribution in [3.8, 4) is 0 Å². The Labute approximate surface area is 118 Å². The summed E-state index contributed by atoms with van der Waals surface area (Å²) in [5.74, 6) is -0.643. The molecule has 1 heterocycles. The third-order valence-corrected chi connectivity index (χ3v) is 3.49. The molecule has 1 aromatic carbocycles. The molecule has 4 N–H and O–H groups in total. The zero-order chi connectivity index (χ0) is 14.5. The van der Waals surface area contributed by atoms with E-state index < -0.39 is 0 Å². The van der Waals surface area contributed by atoms with Crippen LogP contribution in [0.3, 0.4) is 0 Å². The maximum absolute atomic E-state index is 12.1. The first-order valence-electron chi connectivity index (χ1n) is 6.68. The molecule has 0 aromatic heterocycles. The van der Waals surface area contributed by atoms with Crippen LogP contribution in [-0.2, 0) is 9.59 Å². The van der Waals surface area contributed by atoms with E-state index in [2.05, 4.69) is 0 Å². The van der Waals surface area contributed by atoms with Crippen molar-refractivity contribution in [1.82, 2.24) is 4.90 Å². The van der Waals surface area contributed by atoms with Crippen LogP contribution in [0.2, 0.25) is 0 Å². The molecule has 1 aromatic rings. The van der Waals surface area contributed by atoms with Crippen molar-refractivity contribution < 1.29 is 9.59 Å². The summed E-state index contributed by atoms with van der Waals surface area (Å²) in [7, 11) is 0. The van der Waals surface area contributed by atoms with E-state index in [-0.39, 0.29) is 17.7 Å². The third kappa shape index (κ3) is 3.60. The second-order valence-corrected chi connectivity index (χ2v) is 5.03. The molecule has 1 atom stereocenters. The Morgan fingerprint density at radius 3 is 2.60 bits per heavy atom. The maximum Gasteiger partial charge on any atom is 0.246 e. The molecule has 2 amide bonds. The van der Waals surface area contributed by atoms with Crippen LogP contribution in [0, 0.1) is 5.92 Å². The first-order chi connectivity index (χ1) is 9.56. The predicted octanol–water partition coefficient (Wildman–Crippen LogP) is 1.01. The number of carbonyl (C=O) groups excluding carboxylic acids is 2. The highest BCUT2D eigenvalue weighted by Crippen LogP contribution is 2.16. The van der Waals surface area contributed by atoms with Crippen LogP contribution >= 0.6 is 0 Å². The lowest BCUT2D eigenvalue weighted by Gasteiger charge is -2.30. The van der Waals surface area contributed by atoms with Crippen LogP contribution < -0.4 is 11.5 Å². The number of primary amides is 1. The van der Waals surface area contributed by atoms with Gasteiger partial charge in [0.1, 0.15) is 0 Å². The summed E-state index contributed by atoms with van der Waals surface area (Å²) in [5, 5.41) is 0. The highest BCUT2D eigenvalue weighted by molar-refractivity contribution is 5.92. The lowest BCUT2D eigenvalue weighted by atomic mass is 9.97. The number of hydrogen-bond acceptors (Lipinski definition) is 3. The van der Waals surface area contributed by atoms with Crippen LogP contribution in [0.1, 0.15) is 18.4 Å². The van der Waals surface area contributed by atoms with E-state index in [1.54, 1.807) is 23.1 Å². The van der Waals surface area contributed by atoms with E-state index in [0.29, 0.717) is 18.8 Å². The zero-order valence-electron chi connectivity index (χ0n) is 11.3. The number of benzene rings is 1. The molecule has 1 unspecified atom stereocenters. The molecular weight excluding hydrogens is 254 g/mol. The Balaban J connectivity index is 1.97. The minimum atomic E-state index is -0.329. The van der Waals surface area contributed by atoms with Crippen molar-refractivity contribution in [2.24, 2.45) is 11.7 Å². The van der Waals surface area contributed by atoms with E-state index >= 15 is 0 Å². The molecule has 5 heteroatoms. The van der Waals surface area contributed by atoms with Crippen molar-refractivity contribution >= 4 is 23.6 Å². The number of piperidine rings is 1. The fraction of sp³-hybridized carbons (Fsp3) is 0.333. The van der Waals surface area contributed by atoms with Gasteiger partial charge in [0.25, 0.3) is 0 Å². The fourth-order valence-corrected chi connectivity index (χ4v) is 2.29. The van der Waals surface area contributed by atoms with Crippen molar-refractivity contribution in [3.63, 3.8) is 0 Å². The monoisotopic (exact) mass is 273 g/mol. The minimum absolute atomic E-state index is 0.0900. The number of nitrogen functional groups attached to an aromatic ring is 1. The van der Waals surface area contributed by atoms with Gasteiger partial charge in [-0.15, -0.1) is 0 Å². The summed E-state index contributed by atoms with van der Waals surface area (Å²) in [5.41, 5.74) is 12.5. The Hall–Kier alpha value is -2.30. The predicted molar refractivity (Wildman–Crippen MR) is 78.4 cm³/mol. The molecule has 20 heavy (non-hydrogen) atoms. The van der Waals surface area contributed by atoms with Crippen molar-refractivity contribution in [2.75, 3.05) is 18.8 Å². The van der Waals surface area contributed by atoms with Crippen LogP contribution in [0.25, 0.3) is 6.08 Å². The van der Waals surface area contributed by atoms with Gasteiger partial charge in [-0.1, -0.05) is 12.1 Å². The van der Waals surface area contributed by atoms with Crippen molar-refractivity contribution in [3.05, 3.63) is 35.9 Å². The van der Waals surface area contributed by atoms with Gasteiger partial charge in [-0.2, -0.15) is 0 Å². The second-order valence-electron chi connectivity index (χ2n) is 5.03. The fourth-order valence-electron chi connectivity index (χ4n) is 2.29. The van der Waals surface area contributed by atoms with Crippen molar-refractivity contribution in [2.45, 2.75) is 12.8 Å². The normalized spacial score (nSPS) is 19.2.